The van der Waals surface area contributed by atoms with Crippen LogP contribution in [-0.2, 0) is 85.8 Å². The SMILES string of the molecule is C#CCOS(=O)(=O)C=C.C#CCOS(=O)(=O)CC=C.C=CCOS(=O)(=O)C=C.C=CS(=O)(=O)OCC#CC.C=CS(=O)(=O)OCCOS(=O)(=O)C=C. The van der Waals surface area contributed by atoms with E-state index < -0.39 is 73.9 Å². The number of hydrogen-bond donors (Lipinski definition) is 0. The molecule has 24 heteroatoms. The van der Waals surface area contributed by atoms with Crippen LogP contribution in [0, 0.1) is 36.5 Å². The summed E-state index contributed by atoms with van der Waals surface area (Å²) < 4.78 is 152. The Labute approximate surface area is 308 Å². The lowest BCUT2D eigenvalue weighted by Crippen LogP contribution is -2.11. The number of terminal acetylenes is 2. The molecule has 0 unspecified atom stereocenters. The first-order chi connectivity index (χ1) is 23.8. The topological polar surface area (TPSA) is 260 Å². The zero-order valence-electron chi connectivity index (χ0n) is 27.9. The molecule has 296 valence electrons. The van der Waals surface area contributed by atoms with Crippen molar-refractivity contribution < 1.29 is 75.6 Å². The summed E-state index contributed by atoms with van der Waals surface area (Å²) >= 11 is 0. The molecule has 0 atom stereocenters. The maximum absolute atomic E-state index is 10.6. The van der Waals surface area contributed by atoms with Gasteiger partial charge in [0.1, 0.15) is 19.8 Å². The second-order valence-electron chi connectivity index (χ2n) is 7.15. The van der Waals surface area contributed by atoms with E-state index in [1.165, 1.54) is 12.2 Å². The van der Waals surface area contributed by atoms with Crippen molar-refractivity contribution in [3.8, 4) is 36.5 Å². The smallest absolute Gasteiger partial charge is 0.264 e. The highest BCUT2D eigenvalue weighted by molar-refractivity contribution is 7.90. The van der Waals surface area contributed by atoms with Crippen LogP contribution in [0.1, 0.15) is 6.92 Å². The Balaban J connectivity index is -0.000000179. The molecule has 0 amide bonds. The molecular formula is C28H40O18S6. The van der Waals surface area contributed by atoms with Crippen LogP contribution in [0.5, 0.6) is 0 Å². The van der Waals surface area contributed by atoms with E-state index in [1.54, 1.807) is 6.92 Å². The third-order valence-electron chi connectivity index (χ3n) is 3.37. The molecule has 0 aromatic rings. The van der Waals surface area contributed by atoms with E-state index in [2.05, 4.69) is 83.0 Å². The van der Waals surface area contributed by atoms with Crippen molar-refractivity contribution in [2.24, 2.45) is 0 Å². The van der Waals surface area contributed by atoms with E-state index >= 15 is 0 Å². The third kappa shape index (κ3) is 46.3. The Hall–Kier alpha value is -3.68. The van der Waals surface area contributed by atoms with E-state index in [0.29, 0.717) is 16.2 Å². The Bertz CT molecular complexity index is 1910. The standard InChI is InChI=1S/C6H10O6S2.2C6H8O3S.C5H8O3S.C5H6O3S/c1-3-13(7,8)11-5-6-12-14(9,10)4-2;1-3-5-6-9-10(7,8)4-2;1-3-5-9-10(7,8)6-4-2;2*1-3-5-8-9(6,7)4-2/h3-4H,1-2,5-6H2;4H,2,6H2,1H3;1,4H,2,5-6H2;3-4H,1-2,5H2;1,4H,2,5H2. The van der Waals surface area contributed by atoms with Crippen LogP contribution >= 0.6 is 0 Å². The van der Waals surface area contributed by atoms with Crippen LogP contribution in [0.3, 0.4) is 0 Å². The van der Waals surface area contributed by atoms with Crippen LogP contribution in [0.4, 0.5) is 0 Å². The summed E-state index contributed by atoms with van der Waals surface area (Å²) in [7, 11) is -21.6. The first-order valence-electron chi connectivity index (χ1n) is 12.8. The summed E-state index contributed by atoms with van der Waals surface area (Å²) in [6.45, 7) is 21.8. The predicted molar refractivity (Wildman–Crippen MR) is 197 cm³/mol. The second kappa shape index (κ2) is 32.0. The zero-order valence-corrected chi connectivity index (χ0v) is 32.8. The van der Waals surface area contributed by atoms with Crippen molar-refractivity contribution in [2.75, 3.05) is 45.4 Å². The summed E-state index contributed by atoms with van der Waals surface area (Å²) in [6.07, 6.45) is 12.1. The minimum atomic E-state index is -3.78. The van der Waals surface area contributed by atoms with E-state index in [-0.39, 0.29) is 32.2 Å². The average molecular weight is 857 g/mol. The second-order valence-corrected chi connectivity index (χ2v) is 16.6. The lowest BCUT2D eigenvalue weighted by atomic mass is 10.6. The van der Waals surface area contributed by atoms with Crippen molar-refractivity contribution in [3.05, 3.63) is 85.2 Å². The zero-order chi connectivity index (χ0) is 42.0. The fraction of sp³-hybridized carbons (Fsp3) is 0.286. The summed E-state index contributed by atoms with van der Waals surface area (Å²) in [5.74, 6) is 8.79. The highest BCUT2D eigenvalue weighted by Gasteiger charge is 2.08. The monoisotopic (exact) mass is 856 g/mol. The Morgan fingerprint density at radius 1 is 0.481 bits per heavy atom. The normalized spacial score (nSPS) is 10.8. The van der Waals surface area contributed by atoms with Crippen LogP contribution < -0.4 is 0 Å². The highest BCUT2D eigenvalue weighted by atomic mass is 32.2. The van der Waals surface area contributed by atoms with Crippen molar-refractivity contribution in [3.63, 3.8) is 0 Å². The lowest BCUT2D eigenvalue weighted by Gasteiger charge is -2.01. The van der Waals surface area contributed by atoms with Crippen LogP contribution in [0.2, 0.25) is 0 Å². The summed E-state index contributed by atoms with van der Waals surface area (Å²) in [5.41, 5.74) is 0. The molecule has 0 radical (unpaired) electrons. The minimum absolute atomic E-state index is 0.00560. The van der Waals surface area contributed by atoms with Gasteiger partial charge in [-0.05, 0) is 6.92 Å². The third-order valence-corrected chi connectivity index (χ3v) is 8.88. The Morgan fingerprint density at radius 3 is 1.12 bits per heavy atom. The quantitative estimate of drug-likeness (QED) is 0.0683. The van der Waals surface area contributed by atoms with Crippen molar-refractivity contribution in [1.29, 1.82) is 0 Å². The van der Waals surface area contributed by atoms with Crippen molar-refractivity contribution >= 4 is 60.7 Å². The van der Waals surface area contributed by atoms with E-state index in [0.717, 1.165) is 10.8 Å². The molecule has 0 bridgehead atoms. The molecule has 0 rings (SSSR count). The molecule has 0 aliphatic rings. The molecule has 0 aromatic heterocycles. The minimum Gasteiger partial charge on any atom is -0.264 e. The summed E-state index contributed by atoms with van der Waals surface area (Å²) in [4.78, 5) is 0. The first kappa shape index (κ1) is 57.7. The number of hydrogen-bond acceptors (Lipinski definition) is 18. The van der Waals surface area contributed by atoms with Gasteiger partial charge in [-0.1, -0.05) is 62.8 Å². The van der Waals surface area contributed by atoms with Gasteiger partial charge in [0, 0.05) is 0 Å². The maximum Gasteiger partial charge on any atom is 0.290 e. The Kier molecular flexibility index (Phi) is 35.5. The maximum atomic E-state index is 10.6. The molecule has 0 aliphatic carbocycles. The highest BCUT2D eigenvalue weighted by Crippen LogP contribution is 1.97. The van der Waals surface area contributed by atoms with Gasteiger partial charge >= 0.3 is 0 Å². The molecule has 0 spiro atoms. The Morgan fingerprint density at radius 2 is 0.808 bits per heavy atom. The van der Waals surface area contributed by atoms with Gasteiger partial charge < -0.3 is 0 Å². The first-order valence-corrected chi connectivity index (χ1v) is 21.7. The van der Waals surface area contributed by atoms with Crippen LogP contribution in [0.15, 0.2) is 85.2 Å². The van der Waals surface area contributed by atoms with Crippen LogP contribution in [0.25, 0.3) is 0 Å². The van der Waals surface area contributed by atoms with Gasteiger partial charge in [0.05, 0.1) is 52.6 Å². The van der Waals surface area contributed by atoms with Gasteiger partial charge in [-0.15, -0.1) is 31.9 Å². The van der Waals surface area contributed by atoms with Gasteiger partial charge in [-0.3, -0.25) is 25.1 Å². The van der Waals surface area contributed by atoms with Gasteiger partial charge in [0.15, 0.2) is 0 Å². The summed E-state index contributed by atoms with van der Waals surface area (Å²) in [5, 5.41) is 3.40. The van der Waals surface area contributed by atoms with Crippen molar-refractivity contribution in [1.82, 2.24) is 0 Å². The van der Waals surface area contributed by atoms with E-state index in [4.69, 9.17) is 12.8 Å². The molecule has 18 nitrogen and oxygen atoms in total. The van der Waals surface area contributed by atoms with E-state index in [1.807, 2.05) is 11.8 Å². The number of rotatable bonds is 21. The molecule has 0 saturated carbocycles. The van der Waals surface area contributed by atoms with E-state index in [9.17, 15) is 50.5 Å². The molecule has 52 heavy (non-hydrogen) atoms. The molecule has 0 heterocycles. The molecule has 0 fully saturated rings. The summed E-state index contributed by atoms with van der Waals surface area (Å²) in [6, 6.07) is 0. The van der Waals surface area contributed by atoms with Gasteiger partial charge in [0.2, 0.25) is 0 Å². The molecule has 0 saturated heterocycles. The average Bonchev–Trinajstić information content (AvgIpc) is 3.09. The largest absolute Gasteiger partial charge is 0.290 e. The molecule has 0 aromatic carbocycles. The lowest BCUT2D eigenvalue weighted by molar-refractivity contribution is 0.229. The van der Waals surface area contributed by atoms with Gasteiger partial charge in [0.25, 0.3) is 60.7 Å². The molecule has 0 aliphatic heterocycles. The van der Waals surface area contributed by atoms with Gasteiger partial charge in [-0.25, -0.2) is 0 Å². The molecule has 0 N–H and O–H groups in total. The van der Waals surface area contributed by atoms with Crippen molar-refractivity contribution in [2.45, 2.75) is 6.92 Å². The molecular weight excluding hydrogens is 817 g/mol. The fourth-order valence-electron chi connectivity index (χ4n) is 1.30. The fourth-order valence-corrected chi connectivity index (χ4v) is 3.76. The predicted octanol–water partition coefficient (Wildman–Crippen LogP) is 1.39. The van der Waals surface area contributed by atoms with Gasteiger partial charge in [-0.2, -0.15) is 50.5 Å². The van der Waals surface area contributed by atoms with Crippen LogP contribution in [-0.4, -0.2) is 95.9 Å².